The van der Waals surface area contributed by atoms with Crippen molar-refractivity contribution in [3.63, 3.8) is 0 Å². The highest BCUT2D eigenvalue weighted by atomic mass is 19.4. The summed E-state index contributed by atoms with van der Waals surface area (Å²) in [7, 11) is 1.36. The zero-order valence-corrected chi connectivity index (χ0v) is 14.0. The predicted octanol–water partition coefficient (Wildman–Crippen LogP) is 4.31. The van der Waals surface area contributed by atoms with E-state index >= 15 is 0 Å². The normalized spacial score (nSPS) is 11.7. The summed E-state index contributed by atoms with van der Waals surface area (Å²) in [5, 5.41) is 3.88. The van der Waals surface area contributed by atoms with Gasteiger partial charge in [-0.2, -0.15) is 26.3 Å². The van der Waals surface area contributed by atoms with E-state index in [0.29, 0.717) is 17.9 Å². The Balaban J connectivity index is 2.23. The molecule has 0 heterocycles. The molecule has 0 aliphatic rings. The molecule has 0 aromatic heterocycles. The Labute approximate surface area is 154 Å². The smallest absolute Gasteiger partial charge is 0.416 e. The second-order valence-corrected chi connectivity index (χ2v) is 5.43. The lowest BCUT2D eigenvalue weighted by atomic mass is 10.1. The van der Waals surface area contributed by atoms with Gasteiger partial charge >= 0.3 is 24.2 Å². The summed E-state index contributed by atoms with van der Waals surface area (Å²) in [4.78, 5) is 23.7. The van der Waals surface area contributed by atoms with E-state index in [2.05, 4.69) is 5.32 Å². The van der Waals surface area contributed by atoms with Gasteiger partial charge in [-0.15, -0.1) is 0 Å². The molecule has 0 aliphatic carbocycles. The molecule has 0 saturated carbocycles. The van der Waals surface area contributed by atoms with Gasteiger partial charge in [0.1, 0.15) is 5.75 Å². The molecule has 11 heteroatoms. The molecule has 2 aromatic rings. The highest BCUT2D eigenvalue weighted by Crippen LogP contribution is 2.37. The lowest BCUT2D eigenvalue weighted by Gasteiger charge is -2.14. The van der Waals surface area contributed by atoms with Crippen molar-refractivity contribution < 1.29 is 40.7 Å². The number of halogens is 6. The number of methoxy groups -OCH3 is 1. The van der Waals surface area contributed by atoms with Gasteiger partial charge in [0.05, 0.1) is 18.2 Å². The molecular weight excluding hydrogens is 394 g/mol. The Hall–Kier alpha value is -3.24. The number of alkyl halides is 6. The molecule has 150 valence electrons. The maximum absolute atomic E-state index is 12.8. The third-order valence-corrected chi connectivity index (χ3v) is 3.38. The van der Waals surface area contributed by atoms with Crippen LogP contribution in [-0.2, 0) is 21.9 Å². The fourth-order valence-corrected chi connectivity index (χ4v) is 2.10. The SMILES string of the molecule is COc1cccc(NC(=O)C(=O)Nc2cc(C(F)(F)F)cc(C(F)(F)F)c2)c1. The van der Waals surface area contributed by atoms with Crippen LogP contribution in [0.4, 0.5) is 37.7 Å². The van der Waals surface area contributed by atoms with Crippen LogP contribution in [0, 0.1) is 0 Å². The molecule has 0 unspecified atom stereocenters. The van der Waals surface area contributed by atoms with Crippen LogP contribution in [0.3, 0.4) is 0 Å². The van der Waals surface area contributed by atoms with Gasteiger partial charge in [0.2, 0.25) is 0 Å². The summed E-state index contributed by atoms with van der Waals surface area (Å²) in [6, 6.07) is 6.31. The molecule has 2 rings (SSSR count). The number of ether oxygens (including phenoxy) is 1. The van der Waals surface area contributed by atoms with E-state index in [1.54, 1.807) is 11.4 Å². The van der Waals surface area contributed by atoms with Gasteiger partial charge in [-0.3, -0.25) is 9.59 Å². The number of benzene rings is 2. The Morgan fingerprint density at radius 3 is 1.75 bits per heavy atom. The molecule has 0 spiro atoms. The number of rotatable bonds is 3. The van der Waals surface area contributed by atoms with Crippen LogP contribution in [0.15, 0.2) is 42.5 Å². The molecule has 0 radical (unpaired) electrons. The number of amides is 2. The summed E-state index contributed by atoms with van der Waals surface area (Å²) < 4.78 is 81.8. The topological polar surface area (TPSA) is 67.4 Å². The number of nitrogens with one attached hydrogen (secondary N) is 2. The predicted molar refractivity (Wildman–Crippen MR) is 86.7 cm³/mol. The third-order valence-electron chi connectivity index (χ3n) is 3.38. The first-order chi connectivity index (χ1) is 12.9. The van der Waals surface area contributed by atoms with Gasteiger partial charge in [-0.1, -0.05) is 6.07 Å². The second kappa shape index (κ2) is 7.79. The van der Waals surface area contributed by atoms with Crippen molar-refractivity contribution in [2.75, 3.05) is 17.7 Å². The van der Waals surface area contributed by atoms with Crippen molar-refractivity contribution in [3.05, 3.63) is 53.6 Å². The molecule has 0 atom stereocenters. The summed E-state index contributed by atoms with van der Waals surface area (Å²) in [6.07, 6.45) is -10.2. The largest absolute Gasteiger partial charge is 0.497 e. The minimum Gasteiger partial charge on any atom is -0.497 e. The lowest BCUT2D eigenvalue weighted by molar-refractivity contribution is -0.143. The fourth-order valence-electron chi connectivity index (χ4n) is 2.10. The van der Waals surface area contributed by atoms with Crippen molar-refractivity contribution in [1.82, 2.24) is 0 Å². The number of hydrogen-bond acceptors (Lipinski definition) is 3. The van der Waals surface area contributed by atoms with Gasteiger partial charge in [-0.05, 0) is 30.3 Å². The van der Waals surface area contributed by atoms with Crippen LogP contribution in [0.2, 0.25) is 0 Å². The Morgan fingerprint density at radius 1 is 0.786 bits per heavy atom. The first-order valence-corrected chi connectivity index (χ1v) is 7.46. The Kier molecular flexibility index (Phi) is 5.86. The first kappa shape index (κ1) is 21.1. The van der Waals surface area contributed by atoms with Crippen LogP contribution < -0.4 is 15.4 Å². The van der Waals surface area contributed by atoms with E-state index in [-0.39, 0.29) is 11.8 Å². The summed E-state index contributed by atoms with van der Waals surface area (Å²) in [5.74, 6) is -2.39. The van der Waals surface area contributed by atoms with Gasteiger partial charge < -0.3 is 15.4 Å². The van der Waals surface area contributed by atoms with Crippen molar-refractivity contribution in [3.8, 4) is 5.75 Å². The van der Waals surface area contributed by atoms with Crippen LogP contribution in [0.1, 0.15) is 11.1 Å². The van der Waals surface area contributed by atoms with E-state index < -0.39 is 41.0 Å². The molecule has 28 heavy (non-hydrogen) atoms. The molecule has 5 nitrogen and oxygen atoms in total. The van der Waals surface area contributed by atoms with Crippen molar-refractivity contribution >= 4 is 23.2 Å². The summed E-state index contributed by atoms with van der Waals surface area (Å²) in [6.45, 7) is 0. The quantitative estimate of drug-likeness (QED) is 0.590. The van der Waals surface area contributed by atoms with Crippen LogP contribution in [0.25, 0.3) is 0 Å². The van der Waals surface area contributed by atoms with Gasteiger partial charge in [0.15, 0.2) is 0 Å². The lowest BCUT2D eigenvalue weighted by Crippen LogP contribution is -2.29. The third kappa shape index (κ3) is 5.38. The monoisotopic (exact) mass is 406 g/mol. The van der Waals surface area contributed by atoms with Crippen molar-refractivity contribution in [1.29, 1.82) is 0 Å². The number of carbonyl (C=O) groups is 2. The number of anilines is 2. The zero-order chi connectivity index (χ0) is 21.1. The molecular formula is C17H12F6N2O3. The Morgan fingerprint density at radius 2 is 1.29 bits per heavy atom. The number of hydrogen-bond donors (Lipinski definition) is 2. The minimum atomic E-state index is -5.08. The highest BCUT2D eigenvalue weighted by Gasteiger charge is 2.37. The zero-order valence-electron chi connectivity index (χ0n) is 14.0. The first-order valence-electron chi connectivity index (χ1n) is 7.46. The molecule has 2 amide bonds. The van der Waals surface area contributed by atoms with Gasteiger partial charge in [-0.25, -0.2) is 0 Å². The molecule has 2 aromatic carbocycles. The van der Waals surface area contributed by atoms with Crippen LogP contribution in [0.5, 0.6) is 5.75 Å². The highest BCUT2D eigenvalue weighted by molar-refractivity contribution is 6.43. The Bertz CT molecular complexity index is 861. The van der Waals surface area contributed by atoms with E-state index in [4.69, 9.17) is 4.74 Å². The van der Waals surface area contributed by atoms with Crippen molar-refractivity contribution in [2.45, 2.75) is 12.4 Å². The van der Waals surface area contributed by atoms with E-state index in [0.717, 1.165) is 0 Å². The molecule has 0 fully saturated rings. The van der Waals surface area contributed by atoms with E-state index in [1.807, 2.05) is 0 Å². The standard InChI is InChI=1S/C17H12F6N2O3/c1-28-13-4-2-3-11(8-13)24-14(26)15(27)25-12-6-9(16(18,19)20)5-10(7-12)17(21,22)23/h2-8H,1H3,(H,24,26)(H,25,27). The maximum Gasteiger partial charge on any atom is 0.416 e. The van der Waals surface area contributed by atoms with Crippen molar-refractivity contribution in [2.24, 2.45) is 0 Å². The molecule has 0 saturated heterocycles. The van der Waals surface area contributed by atoms with E-state index in [1.165, 1.54) is 25.3 Å². The van der Waals surface area contributed by atoms with Crippen LogP contribution in [-0.4, -0.2) is 18.9 Å². The average Bonchev–Trinajstić information content (AvgIpc) is 2.60. The van der Waals surface area contributed by atoms with E-state index in [9.17, 15) is 35.9 Å². The minimum absolute atomic E-state index is 0.0913. The summed E-state index contributed by atoms with van der Waals surface area (Å²) >= 11 is 0. The average molecular weight is 406 g/mol. The second-order valence-electron chi connectivity index (χ2n) is 5.43. The maximum atomic E-state index is 12.8. The summed E-state index contributed by atoms with van der Waals surface area (Å²) in [5.41, 5.74) is -3.93. The molecule has 0 aliphatic heterocycles. The molecule has 2 N–H and O–H groups in total. The fraction of sp³-hybridized carbons (Fsp3) is 0.176. The van der Waals surface area contributed by atoms with Gasteiger partial charge in [0.25, 0.3) is 0 Å². The van der Waals surface area contributed by atoms with Gasteiger partial charge in [0, 0.05) is 17.4 Å². The molecule has 0 bridgehead atoms. The number of carbonyl (C=O) groups excluding carboxylic acids is 2. The van der Waals surface area contributed by atoms with Crippen LogP contribution >= 0.6 is 0 Å².